The number of rotatable bonds is 2. The van der Waals surface area contributed by atoms with Gasteiger partial charge in [0, 0.05) is 19.7 Å². The molecule has 86 valence electrons. The number of fused-ring (bicyclic) bond motifs is 1. The van der Waals surface area contributed by atoms with Gasteiger partial charge in [0.2, 0.25) is 5.91 Å². The van der Waals surface area contributed by atoms with Gasteiger partial charge < -0.3 is 20.7 Å². The van der Waals surface area contributed by atoms with Crippen LogP contribution in [0, 0.1) is 0 Å². The average molecular weight is 221 g/mol. The molecule has 0 spiro atoms. The highest BCUT2D eigenvalue weighted by atomic mass is 16.5. The number of carbonyl (C=O) groups excluding carboxylic acids is 1. The molecule has 3 N–H and O–H groups in total. The molecule has 5 nitrogen and oxygen atoms in total. The van der Waals surface area contributed by atoms with Gasteiger partial charge >= 0.3 is 0 Å². The topological polar surface area (TPSA) is 67.6 Å². The van der Waals surface area contributed by atoms with Crippen molar-refractivity contribution in [3.8, 4) is 5.75 Å². The molecule has 1 aromatic rings. The maximum atomic E-state index is 11.7. The van der Waals surface area contributed by atoms with E-state index < -0.39 is 0 Å². The molecule has 16 heavy (non-hydrogen) atoms. The highest BCUT2D eigenvalue weighted by molar-refractivity contribution is 6.03. The number of nitrogens with one attached hydrogen (secondary N) is 1. The molecule has 0 fully saturated rings. The summed E-state index contributed by atoms with van der Waals surface area (Å²) in [6.45, 7) is 0.299. The Labute approximate surface area is 94.2 Å². The molecule has 2 rings (SSSR count). The molecule has 0 saturated heterocycles. The molecule has 1 aliphatic rings. The van der Waals surface area contributed by atoms with Gasteiger partial charge in [-0.15, -0.1) is 0 Å². The van der Waals surface area contributed by atoms with E-state index in [0.717, 1.165) is 17.1 Å². The number of methoxy groups -OCH3 is 1. The maximum Gasteiger partial charge on any atom is 0.248 e. The molecule has 0 saturated carbocycles. The van der Waals surface area contributed by atoms with Gasteiger partial charge in [-0.1, -0.05) is 0 Å². The minimum absolute atomic E-state index is 0.0780. The lowest BCUT2D eigenvalue weighted by Crippen LogP contribution is -2.50. The lowest BCUT2D eigenvalue weighted by molar-refractivity contribution is -0.117. The minimum Gasteiger partial charge on any atom is -0.497 e. The van der Waals surface area contributed by atoms with Crippen LogP contribution in [0.3, 0.4) is 0 Å². The molecule has 1 amide bonds. The molecule has 5 heteroatoms. The zero-order valence-corrected chi connectivity index (χ0v) is 9.36. The molecule has 0 aliphatic carbocycles. The Morgan fingerprint density at radius 2 is 2.31 bits per heavy atom. The Balaban J connectivity index is 2.42. The largest absolute Gasteiger partial charge is 0.497 e. The number of nitrogens with two attached hydrogens (primary N) is 1. The fourth-order valence-electron chi connectivity index (χ4n) is 1.87. The predicted octanol–water partition coefficient (Wildman–Crippen LogP) is 0.411. The van der Waals surface area contributed by atoms with Gasteiger partial charge in [0.1, 0.15) is 11.8 Å². The Bertz CT molecular complexity index is 420. The van der Waals surface area contributed by atoms with Crippen LogP contribution in [0.1, 0.15) is 0 Å². The van der Waals surface area contributed by atoms with Crippen molar-refractivity contribution < 1.29 is 9.53 Å². The quantitative estimate of drug-likeness (QED) is 0.759. The molecule has 1 aliphatic heterocycles. The number of ether oxygens (including phenoxy) is 1. The van der Waals surface area contributed by atoms with E-state index in [-0.39, 0.29) is 11.9 Å². The third-order valence-electron chi connectivity index (χ3n) is 2.83. The van der Waals surface area contributed by atoms with E-state index in [0.29, 0.717) is 6.54 Å². The zero-order chi connectivity index (χ0) is 11.7. The fraction of sp³-hybridized carbons (Fsp3) is 0.364. The third-order valence-corrected chi connectivity index (χ3v) is 2.83. The van der Waals surface area contributed by atoms with Crippen LogP contribution >= 0.6 is 0 Å². The summed E-state index contributed by atoms with van der Waals surface area (Å²) in [6, 6.07) is 5.27. The SMILES string of the molecule is COc1ccc2c(c1)NC(=O)C(CN)N2C. The summed E-state index contributed by atoms with van der Waals surface area (Å²) in [7, 11) is 3.46. The van der Waals surface area contributed by atoms with E-state index in [4.69, 9.17) is 10.5 Å². The van der Waals surface area contributed by atoms with E-state index in [2.05, 4.69) is 5.32 Å². The van der Waals surface area contributed by atoms with Crippen LogP contribution in [0.2, 0.25) is 0 Å². The lowest BCUT2D eigenvalue weighted by Gasteiger charge is -2.34. The summed E-state index contributed by atoms with van der Waals surface area (Å²) < 4.78 is 5.11. The molecule has 1 atom stereocenters. The first-order valence-corrected chi connectivity index (χ1v) is 5.09. The second-order valence-corrected chi connectivity index (χ2v) is 3.73. The number of benzene rings is 1. The van der Waals surface area contributed by atoms with Crippen LogP contribution in [-0.4, -0.2) is 32.7 Å². The first-order valence-electron chi connectivity index (χ1n) is 5.09. The van der Waals surface area contributed by atoms with Crippen LogP contribution in [0.4, 0.5) is 11.4 Å². The third kappa shape index (κ3) is 1.59. The van der Waals surface area contributed by atoms with Gasteiger partial charge in [-0.2, -0.15) is 0 Å². The van der Waals surface area contributed by atoms with Crippen LogP contribution in [-0.2, 0) is 4.79 Å². The normalized spacial score (nSPS) is 19.1. The summed E-state index contributed by atoms with van der Waals surface area (Å²) >= 11 is 0. The summed E-state index contributed by atoms with van der Waals surface area (Å²) in [5, 5.41) is 2.83. The van der Waals surface area contributed by atoms with Gasteiger partial charge in [0.15, 0.2) is 0 Å². The Hall–Kier alpha value is -1.75. The molecular formula is C11H15N3O2. The van der Waals surface area contributed by atoms with E-state index in [1.807, 2.05) is 24.1 Å². The average Bonchev–Trinajstić information content (AvgIpc) is 2.28. The lowest BCUT2D eigenvalue weighted by atomic mass is 10.1. The first kappa shape index (κ1) is 10.8. The number of nitrogens with zero attached hydrogens (tertiary/aromatic N) is 1. The fourth-order valence-corrected chi connectivity index (χ4v) is 1.87. The summed E-state index contributed by atoms with van der Waals surface area (Å²) in [4.78, 5) is 13.6. The molecule has 1 aromatic carbocycles. The first-order chi connectivity index (χ1) is 7.67. The number of amides is 1. The molecule has 0 aromatic heterocycles. The van der Waals surface area contributed by atoms with Crippen molar-refractivity contribution in [2.75, 3.05) is 30.9 Å². The molecule has 0 bridgehead atoms. The number of likely N-dealkylation sites (N-methyl/N-ethyl adjacent to an activating group) is 1. The number of hydrogen-bond donors (Lipinski definition) is 2. The van der Waals surface area contributed by atoms with Crippen molar-refractivity contribution in [1.29, 1.82) is 0 Å². The van der Waals surface area contributed by atoms with Crippen LogP contribution in [0.5, 0.6) is 5.75 Å². The van der Waals surface area contributed by atoms with E-state index in [9.17, 15) is 4.79 Å². The van der Waals surface area contributed by atoms with Crippen molar-refractivity contribution in [2.24, 2.45) is 5.73 Å². The zero-order valence-electron chi connectivity index (χ0n) is 9.36. The van der Waals surface area contributed by atoms with Crippen molar-refractivity contribution in [1.82, 2.24) is 0 Å². The van der Waals surface area contributed by atoms with E-state index in [1.165, 1.54) is 0 Å². The second-order valence-electron chi connectivity index (χ2n) is 3.73. The summed E-state index contributed by atoms with van der Waals surface area (Å²) in [5.74, 6) is 0.643. The highest BCUT2D eigenvalue weighted by Crippen LogP contribution is 2.33. The predicted molar refractivity (Wildman–Crippen MR) is 62.9 cm³/mol. The smallest absolute Gasteiger partial charge is 0.248 e. The molecular weight excluding hydrogens is 206 g/mol. The Morgan fingerprint density at radius 3 is 2.94 bits per heavy atom. The maximum absolute atomic E-state index is 11.7. The number of carbonyl (C=O) groups is 1. The van der Waals surface area contributed by atoms with E-state index >= 15 is 0 Å². The van der Waals surface area contributed by atoms with Gasteiger partial charge in [-0.25, -0.2) is 0 Å². The number of hydrogen-bond acceptors (Lipinski definition) is 4. The van der Waals surface area contributed by atoms with Crippen LogP contribution in [0.25, 0.3) is 0 Å². The van der Waals surface area contributed by atoms with Crippen molar-refractivity contribution in [2.45, 2.75) is 6.04 Å². The van der Waals surface area contributed by atoms with Crippen molar-refractivity contribution in [3.63, 3.8) is 0 Å². The van der Waals surface area contributed by atoms with Crippen molar-refractivity contribution in [3.05, 3.63) is 18.2 Å². The standard InChI is InChI=1S/C11H15N3O2/c1-14-9-4-3-7(16-2)5-8(9)13-11(15)10(14)6-12/h3-5,10H,6,12H2,1-2H3,(H,13,15). The summed E-state index contributed by atoms with van der Waals surface area (Å²) in [5.41, 5.74) is 7.29. The van der Waals surface area contributed by atoms with Crippen LogP contribution < -0.4 is 20.7 Å². The highest BCUT2D eigenvalue weighted by Gasteiger charge is 2.29. The van der Waals surface area contributed by atoms with Gasteiger partial charge in [0.25, 0.3) is 0 Å². The van der Waals surface area contributed by atoms with Gasteiger partial charge in [0.05, 0.1) is 18.5 Å². The second kappa shape index (κ2) is 4.02. The van der Waals surface area contributed by atoms with Crippen LogP contribution in [0.15, 0.2) is 18.2 Å². The monoisotopic (exact) mass is 221 g/mol. The van der Waals surface area contributed by atoms with Gasteiger partial charge in [-0.3, -0.25) is 4.79 Å². The Kier molecular flexibility index (Phi) is 2.70. The minimum atomic E-state index is -0.305. The molecule has 1 unspecified atom stereocenters. The molecule has 1 heterocycles. The van der Waals surface area contributed by atoms with Crippen molar-refractivity contribution >= 4 is 17.3 Å². The Morgan fingerprint density at radius 1 is 1.56 bits per heavy atom. The van der Waals surface area contributed by atoms with E-state index in [1.54, 1.807) is 13.2 Å². The summed E-state index contributed by atoms with van der Waals surface area (Å²) in [6.07, 6.45) is 0. The van der Waals surface area contributed by atoms with Gasteiger partial charge in [-0.05, 0) is 12.1 Å². The molecule has 0 radical (unpaired) electrons. The number of anilines is 2.